The zero-order valence-corrected chi connectivity index (χ0v) is 13.1. The van der Waals surface area contributed by atoms with Crippen LogP contribution in [0.15, 0.2) is 12.1 Å². The maximum Gasteiger partial charge on any atom is 0.213 e. The first-order chi connectivity index (χ1) is 10.3. The molecule has 1 heterocycles. The number of ether oxygens (including phenoxy) is 3. The Morgan fingerprint density at radius 3 is 2.76 bits per heavy atom. The summed E-state index contributed by atoms with van der Waals surface area (Å²) in [7, 11) is 1.70. The van der Waals surface area contributed by atoms with Crippen molar-refractivity contribution in [2.24, 2.45) is 0 Å². The Kier molecular flexibility index (Phi) is 6.92. The molecule has 5 nitrogen and oxygen atoms in total. The van der Waals surface area contributed by atoms with E-state index in [4.69, 9.17) is 14.2 Å². The lowest BCUT2D eigenvalue weighted by Gasteiger charge is -2.10. The minimum absolute atomic E-state index is 0.527. The highest BCUT2D eigenvalue weighted by molar-refractivity contribution is 5.25. The number of hydrogen-bond donors (Lipinski definition) is 1. The summed E-state index contributed by atoms with van der Waals surface area (Å²) < 4.78 is 16.0. The molecular formula is C16H26N2O3. The molecule has 2 rings (SSSR count). The molecule has 0 radical (unpaired) electrons. The molecule has 0 aromatic carbocycles. The van der Waals surface area contributed by atoms with Gasteiger partial charge in [0.1, 0.15) is 6.61 Å². The second kappa shape index (κ2) is 8.97. The van der Waals surface area contributed by atoms with Gasteiger partial charge in [0.25, 0.3) is 0 Å². The topological polar surface area (TPSA) is 52.6 Å². The molecule has 1 N–H and O–H groups in total. The highest BCUT2D eigenvalue weighted by Gasteiger charge is 2.20. The third-order valence-corrected chi connectivity index (χ3v) is 3.44. The van der Waals surface area contributed by atoms with E-state index in [9.17, 15) is 0 Å². The maximum atomic E-state index is 5.60. The van der Waals surface area contributed by atoms with E-state index in [1.807, 2.05) is 13.0 Å². The fourth-order valence-corrected chi connectivity index (χ4v) is 1.99. The van der Waals surface area contributed by atoms with Crippen LogP contribution in [-0.4, -0.2) is 44.6 Å². The van der Waals surface area contributed by atoms with Crippen LogP contribution in [0.5, 0.6) is 5.88 Å². The van der Waals surface area contributed by atoms with Crippen LogP contribution in [0.2, 0.25) is 0 Å². The fraction of sp³-hybridized carbons (Fsp3) is 0.688. The third-order valence-electron chi connectivity index (χ3n) is 3.44. The van der Waals surface area contributed by atoms with E-state index in [1.54, 1.807) is 7.11 Å². The van der Waals surface area contributed by atoms with Gasteiger partial charge in [-0.05, 0) is 31.7 Å². The first-order valence-electron chi connectivity index (χ1n) is 7.69. The Morgan fingerprint density at radius 1 is 1.19 bits per heavy atom. The standard InChI is InChI=1S/C16H26N2O3/c1-13-14(12-17-15-5-6-15)4-7-16(18-13)21-11-10-20-9-3-8-19-2/h4,7,15,17H,3,5-6,8-12H2,1-2H3. The summed E-state index contributed by atoms with van der Waals surface area (Å²) in [4.78, 5) is 4.48. The lowest BCUT2D eigenvalue weighted by atomic mass is 10.2. The number of methoxy groups -OCH3 is 1. The second-order valence-corrected chi connectivity index (χ2v) is 5.36. The van der Waals surface area contributed by atoms with Crippen LogP contribution in [0, 0.1) is 6.92 Å². The lowest BCUT2D eigenvalue weighted by Crippen LogP contribution is -2.16. The van der Waals surface area contributed by atoms with Gasteiger partial charge < -0.3 is 19.5 Å². The molecule has 0 atom stereocenters. The number of nitrogens with one attached hydrogen (secondary N) is 1. The zero-order valence-electron chi connectivity index (χ0n) is 13.1. The van der Waals surface area contributed by atoms with Crippen LogP contribution in [0.1, 0.15) is 30.5 Å². The average Bonchev–Trinajstić information content (AvgIpc) is 3.29. The summed E-state index contributed by atoms with van der Waals surface area (Å²) in [5, 5.41) is 3.50. The molecule has 1 aromatic rings. The maximum absolute atomic E-state index is 5.60. The predicted octanol–water partition coefficient (Wildman–Crippen LogP) is 2.07. The number of rotatable bonds is 11. The molecule has 21 heavy (non-hydrogen) atoms. The quantitative estimate of drug-likeness (QED) is 0.633. The van der Waals surface area contributed by atoms with Crippen LogP contribution in [0.4, 0.5) is 0 Å². The number of aryl methyl sites for hydroxylation is 1. The third kappa shape index (κ3) is 6.42. The Morgan fingerprint density at radius 2 is 2.05 bits per heavy atom. The lowest BCUT2D eigenvalue weighted by molar-refractivity contribution is 0.0795. The van der Waals surface area contributed by atoms with Crippen molar-refractivity contribution in [2.45, 2.75) is 38.8 Å². The number of pyridine rings is 1. The largest absolute Gasteiger partial charge is 0.475 e. The second-order valence-electron chi connectivity index (χ2n) is 5.36. The van der Waals surface area contributed by atoms with E-state index in [-0.39, 0.29) is 0 Å². The van der Waals surface area contributed by atoms with Crippen molar-refractivity contribution in [3.05, 3.63) is 23.4 Å². The molecule has 1 aromatic heterocycles. The molecule has 1 saturated carbocycles. The Balaban J connectivity index is 1.62. The van der Waals surface area contributed by atoms with Gasteiger partial charge in [-0.25, -0.2) is 4.98 Å². The van der Waals surface area contributed by atoms with Gasteiger partial charge in [-0.1, -0.05) is 6.07 Å². The SMILES string of the molecule is COCCCOCCOc1ccc(CNC2CC2)c(C)n1. The van der Waals surface area contributed by atoms with Gasteiger partial charge in [0.2, 0.25) is 5.88 Å². The predicted molar refractivity (Wildman–Crippen MR) is 81.6 cm³/mol. The van der Waals surface area contributed by atoms with E-state index in [2.05, 4.69) is 16.4 Å². The van der Waals surface area contributed by atoms with E-state index in [1.165, 1.54) is 18.4 Å². The van der Waals surface area contributed by atoms with Gasteiger partial charge in [-0.15, -0.1) is 0 Å². The van der Waals surface area contributed by atoms with Gasteiger partial charge in [-0.2, -0.15) is 0 Å². The van der Waals surface area contributed by atoms with Gasteiger partial charge in [0.15, 0.2) is 0 Å². The van der Waals surface area contributed by atoms with Crippen molar-refractivity contribution < 1.29 is 14.2 Å². The summed E-state index contributed by atoms with van der Waals surface area (Å²) in [6, 6.07) is 4.74. The monoisotopic (exact) mass is 294 g/mol. The van der Waals surface area contributed by atoms with Gasteiger partial charge in [0.05, 0.1) is 6.61 Å². The van der Waals surface area contributed by atoms with Crippen molar-refractivity contribution in [1.82, 2.24) is 10.3 Å². The molecule has 0 saturated heterocycles. The van der Waals surface area contributed by atoms with Crippen LogP contribution >= 0.6 is 0 Å². The first-order valence-corrected chi connectivity index (χ1v) is 7.69. The van der Waals surface area contributed by atoms with Crippen molar-refractivity contribution in [3.8, 4) is 5.88 Å². The normalized spacial score (nSPS) is 14.4. The smallest absolute Gasteiger partial charge is 0.213 e. The molecule has 0 unspecified atom stereocenters. The molecule has 0 amide bonds. The van der Waals surface area contributed by atoms with Crippen molar-refractivity contribution in [2.75, 3.05) is 33.5 Å². The highest BCUT2D eigenvalue weighted by atomic mass is 16.5. The Hall–Kier alpha value is -1.17. The van der Waals surface area contributed by atoms with Crippen LogP contribution in [-0.2, 0) is 16.0 Å². The molecule has 118 valence electrons. The minimum atomic E-state index is 0.527. The molecule has 1 aliphatic rings. The van der Waals surface area contributed by atoms with Crippen molar-refractivity contribution in [3.63, 3.8) is 0 Å². The van der Waals surface area contributed by atoms with Crippen molar-refractivity contribution in [1.29, 1.82) is 0 Å². The molecule has 0 spiro atoms. The molecule has 1 aliphatic carbocycles. The number of nitrogens with zero attached hydrogens (tertiary/aromatic N) is 1. The van der Waals surface area contributed by atoms with Crippen LogP contribution < -0.4 is 10.1 Å². The fourth-order valence-electron chi connectivity index (χ4n) is 1.99. The van der Waals surface area contributed by atoms with E-state index in [0.717, 1.165) is 31.3 Å². The van der Waals surface area contributed by atoms with Crippen LogP contribution in [0.3, 0.4) is 0 Å². The average molecular weight is 294 g/mol. The summed E-state index contributed by atoms with van der Waals surface area (Å²) >= 11 is 0. The van der Waals surface area contributed by atoms with Gasteiger partial charge >= 0.3 is 0 Å². The summed E-state index contributed by atoms with van der Waals surface area (Å²) in [6.07, 6.45) is 3.52. The summed E-state index contributed by atoms with van der Waals surface area (Å²) in [5.74, 6) is 0.670. The molecule has 0 aliphatic heterocycles. The minimum Gasteiger partial charge on any atom is -0.475 e. The van der Waals surface area contributed by atoms with Gasteiger partial charge in [0, 0.05) is 44.7 Å². The number of hydrogen-bond acceptors (Lipinski definition) is 5. The number of aromatic nitrogens is 1. The molecule has 5 heteroatoms. The summed E-state index contributed by atoms with van der Waals surface area (Å²) in [5.41, 5.74) is 2.27. The Bertz CT molecular complexity index is 422. The first kappa shape index (κ1) is 16.2. The van der Waals surface area contributed by atoms with E-state index >= 15 is 0 Å². The van der Waals surface area contributed by atoms with Gasteiger partial charge in [-0.3, -0.25) is 0 Å². The Labute approximate surface area is 127 Å². The van der Waals surface area contributed by atoms with Crippen LogP contribution in [0.25, 0.3) is 0 Å². The van der Waals surface area contributed by atoms with E-state index < -0.39 is 0 Å². The molecule has 0 bridgehead atoms. The van der Waals surface area contributed by atoms with E-state index in [0.29, 0.717) is 25.7 Å². The summed E-state index contributed by atoms with van der Waals surface area (Å²) in [6.45, 7) is 5.46. The molecule has 1 fully saturated rings. The van der Waals surface area contributed by atoms with Crippen molar-refractivity contribution >= 4 is 0 Å². The molecular weight excluding hydrogens is 268 g/mol. The highest BCUT2D eigenvalue weighted by Crippen LogP contribution is 2.20. The zero-order chi connectivity index (χ0) is 14.9.